The Bertz CT molecular complexity index is 312. The number of pyridine rings is 1. The summed E-state index contributed by atoms with van der Waals surface area (Å²) in [6.07, 6.45) is 3.04. The topological polar surface area (TPSA) is 28.2 Å². The molecule has 16 heavy (non-hydrogen) atoms. The van der Waals surface area contributed by atoms with Gasteiger partial charge in [0.05, 0.1) is 0 Å². The quantitative estimate of drug-likeness (QED) is 0.800. The fraction of sp³-hybridized carbons (Fsp3) is 0.615. The van der Waals surface area contributed by atoms with Gasteiger partial charge in [0.25, 0.3) is 0 Å². The molecule has 1 aromatic heterocycles. The monoisotopic (exact) mass is 221 g/mol. The van der Waals surface area contributed by atoms with Gasteiger partial charge in [-0.2, -0.15) is 0 Å². The predicted molar refractivity (Wildman–Crippen MR) is 69.8 cm³/mol. The summed E-state index contributed by atoms with van der Waals surface area (Å²) < 4.78 is 0. The van der Waals surface area contributed by atoms with Crippen LogP contribution >= 0.6 is 0 Å². The van der Waals surface area contributed by atoms with Crippen molar-refractivity contribution in [3.63, 3.8) is 0 Å². The average molecular weight is 221 g/mol. The molecule has 0 radical (unpaired) electrons. The van der Waals surface area contributed by atoms with E-state index >= 15 is 0 Å². The molecule has 3 nitrogen and oxygen atoms in total. The highest BCUT2D eigenvalue weighted by Gasteiger charge is 2.05. The summed E-state index contributed by atoms with van der Waals surface area (Å²) in [4.78, 5) is 6.55. The highest BCUT2D eigenvalue weighted by Crippen LogP contribution is 2.06. The van der Waals surface area contributed by atoms with Crippen LogP contribution < -0.4 is 5.32 Å². The van der Waals surface area contributed by atoms with Crippen LogP contribution in [0, 0.1) is 6.92 Å². The first-order chi connectivity index (χ1) is 7.63. The van der Waals surface area contributed by atoms with Crippen molar-refractivity contribution in [3.8, 4) is 0 Å². The molecule has 0 bridgehead atoms. The Morgan fingerprint density at radius 2 is 2.25 bits per heavy atom. The smallest absolute Gasteiger partial charge is 0.0393 e. The van der Waals surface area contributed by atoms with Gasteiger partial charge in [-0.3, -0.25) is 4.98 Å². The fourth-order valence-corrected chi connectivity index (χ4v) is 1.56. The highest BCUT2D eigenvalue weighted by molar-refractivity contribution is 5.42. The lowest BCUT2D eigenvalue weighted by Crippen LogP contribution is -2.32. The van der Waals surface area contributed by atoms with Crippen LogP contribution in [0.2, 0.25) is 0 Å². The maximum atomic E-state index is 4.17. The molecule has 1 rings (SSSR count). The van der Waals surface area contributed by atoms with E-state index in [4.69, 9.17) is 0 Å². The van der Waals surface area contributed by atoms with E-state index in [0.717, 1.165) is 24.5 Å². The summed E-state index contributed by atoms with van der Waals surface area (Å²) in [5.41, 5.74) is 2.21. The van der Waals surface area contributed by atoms with E-state index in [0.29, 0.717) is 6.04 Å². The minimum Gasteiger partial charge on any atom is -0.384 e. The molecule has 1 heterocycles. The van der Waals surface area contributed by atoms with Gasteiger partial charge in [-0.1, -0.05) is 6.92 Å². The summed E-state index contributed by atoms with van der Waals surface area (Å²) >= 11 is 0. The number of nitrogens with one attached hydrogen (secondary N) is 1. The molecule has 0 amide bonds. The highest BCUT2D eigenvalue weighted by atomic mass is 15.1. The maximum absolute atomic E-state index is 4.17. The van der Waals surface area contributed by atoms with Crippen molar-refractivity contribution in [3.05, 3.63) is 24.0 Å². The molecule has 90 valence electrons. The van der Waals surface area contributed by atoms with Crippen LogP contribution in [-0.4, -0.2) is 36.1 Å². The summed E-state index contributed by atoms with van der Waals surface area (Å²) in [6, 6.07) is 4.74. The van der Waals surface area contributed by atoms with Gasteiger partial charge in [0.15, 0.2) is 0 Å². The number of likely N-dealkylation sites (N-methyl/N-ethyl adjacent to an activating group) is 1. The predicted octanol–water partition coefficient (Wildman–Crippen LogP) is 2.53. The molecule has 1 N–H and O–H groups in total. The van der Waals surface area contributed by atoms with Gasteiger partial charge in [-0.15, -0.1) is 0 Å². The molecule has 0 aliphatic carbocycles. The molecule has 1 atom stereocenters. The lowest BCUT2D eigenvalue weighted by molar-refractivity contribution is 0.261. The zero-order chi connectivity index (χ0) is 12.0. The van der Waals surface area contributed by atoms with Crippen molar-refractivity contribution in [2.24, 2.45) is 0 Å². The van der Waals surface area contributed by atoms with Gasteiger partial charge < -0.3 is 10.2 Å². The SMILES string of the molecule is CCC(C)N(C)CCNc1ccnc(C)c1. The summed E-state index contributed by atoms with van der Waals surface area (Å²) in [5, 5.41) is 3.41. The normalized spacial score (nSPS) is 12.8. The Kier molecular flexibility index (Phi) is 5.26. The Morgan fingerprint density at radius 1 is 1.50 bits per heavy atom. The van der Waals surface area contributed by atoms with Crippen LogP contribution in [0.3, 0.4) is 0 Å². The van der Waals surface area contributed by atoms with E-state index in [1.165, 1.54) is 6.42 Å². The van der Waals surface area contributed by atoms with Gasteiger partial charge in [0, 0.05) is 36.7 Å². The van der Waals surface area contributed by atoms with Crippen LogP contribution in [-0.2, 0) is 0 Å². The van der Waals surface area contributed by atoms with E-state index in [1.54, 1.807) is 0 Å². The van der Waals surface area contributed by atoms with Crippen molar-refractivity contribution >= 4 is 5.69 Å². The van der Waals surface area contributed by atoms with E-state index in [-0.39, 0.29) is 0 Å². The lowest BCUT2D eigenvalue weighted by atomic mass is 10.2. The Morgan fingerprint density at radius 3 is 2.88 bits per heavy atom. The first-order valence-corrected chi connectivity index (χ1v) is 6.00. The van der Waals surface area contributed by atoms with Crippen molar-refractivity contribution in [2.45, 2.75) is 33.2 Å². The molecule has 0 fully saturated rings. The van der Waals surface area contributed by atoms with Gasteiger partial charge in [0.1, 0.15) is 0 Å². The van der Waals surface area contributed by atoms with E-state index in [2.05, 4.69) is 42.2 Å². The third kappa shape index (κ3) is 4.19. The van der Waals surface area contributed by atoms with Crippen LogP contribution in [0.15, 0.2) is 18.3 Å². The molecule has 0 aliphatic rings. The number of nitrogens with zero attached hydrogens (tertiary/aromatic N) is 2. The lowest BCUT2D eigenvalue weighted by Gasteiger charge is -2.23. The molecule has 0 saturated heterocycles. The van der Waals surface area contributed by atoms with Gasteiger partial charge >= 0.3 is 0 Å². The zero-order valence-corrected chi connectivity index (χ0v) is 10.8. The summed E-state index contributed by atoms with van der Waals surface area (Å²) in [5.74, 6) is 0. The van der Waals surface area contributed by atoms with Gasteiger partial charge in [0.2, 0.25) is 0 Å². The van der Waals surface area contributed by atoms with Crippen LogP contribution in [0.1, 0.15) is 26.0 Å². The molecular formula is C13H23N3. The minimum absolute atomic E-state index is 0.654. The number of anilines is 1. The molecule has 0 aromatic carbocycles. The summed E-state index contributed by atoms with van der Waals surface area (Å²) in [6.45, 7) is 8.54. The summed E-state index contributed by atoms with van der Waals surface area (Å²) in [7, 11) is 2.17. The molecule has 0 aliphatic heterocycles. The van der Waals surface area contributed by atoms with Crippen molar-refractivity contribution < 1.29 is 0 Å². The van der Waals surface area contributed by atoms with Crippen molar-refractivity contribution in [1.29, 1.82) is 0 Å². The van der Waals surface area contributed by atoms with Gasteiger partial charge in [-0.05, 0) is 39.4 Å². The third-order valence-corrected chi connectivity index (χ3v) is 3.03. The number of hydrogen-bond acceptors (Lipinski definition) is 3. The second-order valence-electron chi connectivity index (χ2n) is 4.35. The maximum Gasteiger partial charge on any atom is 0.0393 e. The number of hydrogen-bond donors (Lipinski definition) is 1. The second kappa shape index (κ2) is 6.48. The molecule has 1 aromatic rings. The third-order valence-electron chi connectivity index (χ3n) is 3.03. The van der Waals surface area contributed by atoms with Crippen molar-refractivity contribution in [1.82, 2.24) is 9.88 Å². The molecule has 1 unspecified atom stereocenters. The van der Waals surface area contributed by atoms with E-state index in [1.807, 2.05) is 19.2 Å². The Hall–Kier alpha value is -1.09. The van der Waals surface area contributed by atoms with Crippen LogP contribution in [0.5, 0.6) is 0 Å². The molecule has 3 heteroatoms. The molecule has 0 spiro atoms. The number of rotatable bonds is 6. The Labute approximate surface area is 98.9 Å². The van der Waals surface area contributed by atoms with Crippen molar-refractivity contribution in [2.75, 3.05) is 25.5 Å². The average Bonchev–Trinajstić information content (AvgIpc) is 2.28. The first-order valence-electron chi connectivity index (χ1n) is 6.00. The van der Waals surface area contributed by atoms with E-state index in [9.17, 15) is 0 Å². The first kappa shape index (κ1) is 13.0. The fourth-order valence-electron chi connectivity index (χ4n) is 1.56. The van der Waals surface area contributed by atoms with Crippen LogP contribution in [0.25, 0.3) is 0 Å². The largest absolute Gasteiger partial charge is 0.384 e. The minimum atomic E-state index is 0.654. The van der Waals surface area contributed by atoms with E-state index < -0.39 is 0 Å². The Balaban J connectivity index is 2.30. The number of aryl methyl sites for hydroxylation is 1. The van der Waals surface area contributed by atoms with Gasteiger partial charge in [-0.25, -0.2) is 0 Å². The standard InChI is InChI=1S/C13H23N3/c1-5-12(3)16(4)9-8-15-13-6-7-14-11(2)10-13/h6-7,10,12H,5,8-9H2,1-4H3,(H,14,15). The zero-order valence-electron chi connectivity index (χ0n) is 10.8. The molecule has 0 saturated carbocycles. The molecular weight excluding hydrogens is 198 g/mol. The van der Waals surface area contributed by atoms with Crippen LogP contribution in [0.4, 0.5) is 5.69 Å². The number of aromatic nitrogens is 1. The second-order valence-corrected chi connectivity index (χ2v) is 4.35.